The summed E-state index contributed by atoms with van der Waals surface area (Å²) in [5, 5.41) is 13.4. The van der Waals surface area contributed by atoms with Gasteiger partial charge in [-0.05, 0) is 68.3 Å². The first-order chi connectivity index (χ1) is 18.9. The van der Waals surface area contributed by atoms with Crippen LogP contribution in [0.3, 0.4) is 0 Å². The Bertz CT molecular complexity index is 1460. The van der Waals surface area contributed by atoms with Crippen LogP contribution < -0.4 is 20.4 Å². The molecule has 4 aromatic rings. The van der Waals surface area contributed by atoms with Crippen molar-refractivity contribution in [2.45, 2.75) is 38.3 Å². The normalized spacial score (nSPS) is 17.0. The summed E-state index contributed by atoms with van der Waals surface area (Å²) < 4.78 is 6.04. The highest BCUT2D eigenvalue weighted by atomic mass is 16.5. The van der Waals surface area contributed by atoms with E-state index in [1.165, 1.54) is 0 Å². The smallest absolute Gasteiger partial charge is 0.251 e. The van der Waals surface area contributed by atoms with Crippen molar-refractivity contribution in [1.82, 2.24) is 15.8 Å². The van der Waals surface area contributed by atoms with Gasteiger partial charge in [0.2, 0.25) is 5.91 Å². The Morgan fingerprint density at radius 1 is 1.03 bits per heavy atom. The molecule has 5 rings (SSSR count). The summed E-state index contributed by atoms with van der Waals surface area (Å²) in [6.07, 6.45) is 1.39. The molecule has 0 radical (unpaired) electrons. The van der Waals surface area contributed by atoms with Gasteiger partial charge in [0.25, 0.3) is 5.91 Å². The van der Waals surface area contributed by atoms with Crippen LogP contribution in [-0.4, -0.2) is 40.6 Å². The van der Waals surface area contributed by atoms with Gasteiger partial charge in [-0.3, -0.25) is 19.8 Å². The summed E-state index contributed by atoms with van der Waals surface area (Å²) >= 11 is 0. The first-order valence-corrected chi connectivity index (χ1v) is 13.1. The lowest BCUT2D eigenvalue weighted by molar-refractivity contribution is -0.130. The lowest BCUT2D eigenvalue weighted by Crippen LogP contribution is -2.60. The van der Waals surface area contributed by atoms with E-state index >= 15 is 0 Å². The number of nitrogens with one attached hydrogen (secondary N) is 2. The van der Waals surface area contributed by atoms with Crippen molar-refractivity contribution in [3.05, 3.63) is 102 Å². The predicted molar refractivity (Wildman–Crippen MR) is 150 cm³/mol. The lowest BCUT2D eigenvalue weighted by atomic mass is 9.84. The molecule has 1 aliphatic heterocycles. The van der Waals surface area contributed by atoms with Gasteiger partial charge in [-0.25, -0.2) is 5.48 Å². The van der Waals surface area contributed by atoms with Crippen molar-refractivity contribution in [1.29, 1.82) is 0 Å². The molecule has 1 aliphatic rings. The standard InChI is InChI=1S/C31H32N4O4/c1-22-18-24(27-10-5-6-11-28(27)32-22)20-39-26-14-12-23(13-15-26)30(37)33-31(19-29(36)34-38)16-7-17-35(21-31)25-8-3-2-4-9-25/h2-6,8-15,18,38H,7,16-17,19-21H2,1H3,(H,33,37)(H,34,36). The van der Waals surface area contributed by atoms with Gasteiger partial charge in [0.05, 0.1) is 17.5 Å². The number of carbonyl (C=O) groups excluding carboxylic acids is 2. The Hall–Kier alpha value is -4.43. The minimum atomic E-state index is -0.826. The van der Waals surface area contributed by atoms with Gasteiger partial charge in [0.15, 0.2) is 0 Å². The highest BCUT2D eigenvalue weighted by Gasteiger charge is 2.39. The Labute approximate surface area is 227 Å². The van der Waals surface area contributed by atoms with E-state index in [9.17, 15) is 14.8 Å². The summed E-state index contributed by atoms with van der Waals surface area (Å²) in [5.74, 6) is -0.168. The third-order valence-corrected chi connectivity index (χ3v) is 7.14. The number of fused-ring (bicyclic) bond motifs is 1. The van der Waals surface area contributed by atoms with Crippen molar-refractivity contribution in [3.63, 3.8) is 0 Å². The number of ether oxygens (including phenoxy) is 1. The number of piperidine rings is 1. The third kappa shape index (κ3) is 6.18. The van der Waals surface area contributed by atoms with E-state index in [-0.39, 0.29) is 12.3 Å². The Kier molecular flexibility index (Phi) is 7.74. The Morgan fingerprint density at radius 3 is 2.54 bits per heavy atom. The zero-order valence-corrected chi connectivity index (χ0v) is 21.9. The van der Waals surface area contributed by atoms with Crippen molar-refractivity contribution >= 4 is 28.4 Å². The summed E-state index contributed by atoms with van der Waals surface area (Å²) in [4.78, 5) is 32.3. The van der Waals surface area contributed by atoms with Gasteiger partial charge in [-0.15, -0.1) is 0 Å². The monoisotopic (exact) mass is 524 g/mol. The molecule has 2 heterocycles. The van der Waals surface area contributed by atoms with Gasteiger partial charge in [0.1, 0.15) is 12.4 Å². The SMILES string of the molecule is Cc1cc(COc2ccc(C(=O)NC3(CC(=O)NO)CCCN(c4ccccc4)C3)cc2)c2ccccc2n1. The Morgan fingerprint density at radius 2 is 1.77 bits per heavy atom. The molecule has 2 amide bonds. The fourth-order valence-electron chi connectivity index (χ4n) is 5.32. The molecule has 1 atom stereocenters. The number of benzene rings is 3. The van der Waals surface area contributed by atoms with Crippen LogP contribution in [0.5, 0.6) is 5.75 Å². The molecule has 200 valence electrons. The molecule has 1 saturated heterocycles. The maximum absolute atomic E-state index is 13.3. The molecule has 1 fully saturated rings. The molecule has 3 aromatic carbocycles. The van der Waals surface area contributed by atoms with Crippen LogP contribution in [0, 0.1) is 6.92 Å². The minimum absolute atomic E-state index is 0.0287. The molecule has 0 aliphatic carbocycles. The van der Waals surface area contributed by atoms with Gasteiger partial charge < -0.3 is 15.0 Å². The first-order valence-electron chi connectivity index (χ1n) is 13.1. The van der Waals surface area contributed by atoms with E-state index in [0.717, 1.165) is 40.8 Å². The molecule has 1 aromatic heterocycles. The number of hydrogen-bond acceptors (Lipinski definition) is 6. The maximum Gasteiger partial charge on any atom is 0.251 e. The molecule has 0 spiro atoms. The highest BCUT2D eigenvalue weighted by Crippen LogP contribution is 2.29. The number of pyridine rings is 1. The number of aromatic nitrogens is 1. The first kappa shape index (κ1) is 26.2. The quantitative estimate of drug-likeness (QED) is 0.226. The maximum atomic E-state index is 13.3. The van der Waals surface area contributed by atoms with Crippen LogP contribution in [0.25, 0.3) is 10.9 Å². The second-order valence-corrected chi connectivity index (χ2v) is 10.1. The summed E-state index contributed by atoms with van der Waals surface area (Å²) in [7, 11) is 0. The van der Waals surface area contributed by atoms with Crippen molar-refractivity contribution < 1.29 is 19.5 Å². The zero-order valence-electron chi connectivity index (χ0n) is 21.9. The Balaban J connectivity index is 1.28. The number of aryl methyl sites for hydroxylation is 1. The molecule has 0 bridgehead atoms. The van der Waals surface area contributed by atoms with Crippen LogP contribution in [0.15, 0.2) is 84.9 Å². The van der Waals surface area contributed by atoms with Crippen LogP contribution in [0.1, 0.15) is 40.9 Å². The molecule has 3 N–H and O–H groups in total. The minimum Gasteiger partial charge on any atom is -0.489 e. The van der Waals surface area contributed by atoms with Crippen molar-refractivity contribution in [3.8, 4) is 5.75 Å². The number of anilines is 1. The fraction of sp³-hybridized carbons (Fsp3) is 0.258. The number of rotatable bonds is 8. The van der Waals surface area contributed by atoms with Crippen molar-refractivity contribution in [2.75, 3.05) is 18.0 Å². The van der Waals surface area contributed by atoms with E-state index in [0.29, 0.717) is 30.9 Å². The lowest BCUT2D eigenvalue weighted by Gasteiger charge is -2.44. The number of amides is 2. The summed E-state index contributed by atoms with van der Waals surface area (Å²) in [6, 6.07) is 26.9. The largest absolute Gasteiger partial charge is 0.489 e. The number of carbonyl (C=O) groups is 2. The van der Waals surface area contributed by atoms with E-state index in [2.05, 4.69) is 15.2 Å². The average Bonchev–Trinajstić information content (AvgIpc) is 2.96. The van der Waals surface area contributed by atoms with Gasteiger partial charge >= 0.3 is 0 Å². The molecule has 1 unspecified atom stereocenters. The molecular weight excluding hydrogens is 492 g/mol. The molecule has 8 nitrogen and oxygen atoms in total. The second-order valence-electron chi connectivity index (χ2n) is 10.1. The van der Waals surface area contributed by atoms with Gasteiger partial charge in [-0.2, -0.15) is 0 Å². The zero-order chi connectivity index (χ0) is 27.2. The van der Waals surface area contributed by atoms with E-state index in [4.69, 9.17) is 4.74 Å². The van der Waals surface area contributed by atoms with Crippen LogP contribution in [-0.2, 0) is 11.4 Å². The van der Waals surface area contributed by atoms with Crippen LogP contribution in [0.4, 0.5) is 5.69 Å². The second kappa shape index (κ2) is 11.5. The van der Waals surface area contributed by atoms with Gasteiger partial charge in [0, 0.05) is 41.0 Å². The van der Waals surface area contributed by atoms with Crippen LogP contribution >= 0.6 is 0 Å². The number of hydrogen-bond donors (Lipinski definition) is 3. The molecule has 39 heavy (non-hydrogen) atoms. The fourth-order valence-corrected chi connectivity index (χ4v) is 5.32. The molecule has 8 heteroatoms. The predicted octanol–water partition coefficient (Wildman–Crippen LogP) is 4.79. The average molecular weight is 525 g/mol. The number of para-hydroxylation sites is 2. The van der Waals surface area contributed by atoms with E-state index in [1.807, 2.05) is 67.6 Å². The van der Waals surface area contributed by atoms with Crippen LogP contribution in [0.2, 0.25) is 0 Å². The highest BCUT2D eigenvalue weighted by molar-refractivity contribution is 5.95. The number of nitrogens with zero attached hydrogens (tertiary/aromatic N) is 2. The third-order valence-electron chi connectivity index (χ3n) is 7.14. The molecular formula is C31H32N4O4. The van der Waals surface area contributed by atoms with E-state index in [1.54, 1.807) is 29.7 Å². The van der Waals surface area contributed by atoms with Crippen molar-refractivity contribution in [2.24, 2.45) is 0 Å². The van der Waals surface area contributed by atoms with Gasteiger partial charge in [-0.1, -0.05) is 36.4 Å². The number of hydroxylamine groups is 1. The molecule has 0 saturated carbocycles. The summed E-state index contributed by atoms with van der Waals surface area (Å²) in [5.41, 5.74) is 5.30. The summed E-state index contributed by atoms with van der Waals surface area (Å²) in [6.45, 7) is 3.62. The van der Waals surface area contributed by atoms with E-state index < -0.39 is 11.4 Å². The topological polar surface area (TPSA) is 104 Å².